The number of carbonyl (C=O) groups is 1. The number of piperidine rings is 1. The summed E-state index contributed by atoms with van der Waals surface area (Å²) in [5, 5.41) is 91.9. The Morgan fingerprint density at radius 1 is 0.784 bits per heavy atom. The van der Waals surface area contributed by atoms with Crippen LogP contribution in [0.15, 0.2) is 0 Å². The number of fused-ring (bicyclic) bond motifs is 1. The van der Waals surface area contributed by atoms with E-state index in [1.165, 1.54) is 14.2 Å². The zero-order chi connectivity index (χ0) is 27.4. The molecule has 0 spiro atoms. The number of nitrogens with zero attached hydrogens (tertiary/aromatic N) is 1. The fraction of sp³-hybridized carbons (Fsp3) is 0.458. The molecule has 1 aliphatic carbocycles. The molecular weight excluding hydrogens is 494 g/mol. The topological polar surface area (TPSA) is 221 Å². The lowest BCUT2D eigenvalue weighted by molar-refractivity contribution is -0.282. The van der Waals surface area contributed by atoms with Crippen LogP contribution >= 0.6 is 0 Å². The number of methoxy groups -OCH3 is 2. The number of hydrogen-bond acceptors (Lipinski definition) is 13. The molecule has 1 aliphatic heterocycles. The Bertz CT molecular complexity index is 1220. The second-order valence-electron chi connectivity index (χ2n) is 9.30. The number of benzene rings is 2. The molecule has 2 aromatic rings. The van der Waals surface area contributed by atoms with Crippen molar-refractivity contribution in [2.24, 2.45) is 11.8 Å². The maximum Gasteiger partial charge on any atom is 0.261 e. The van der Waals surface area contributed by atoms with Crippen LogP contribution in [0.5, 0.6) is 51.7 Å². The normalized spacial score (nSPS) is 18.7. The molecule has 37 heavy (non-hydrogen) atoms. The number of ketones is 1. The highest BCUT2D eigenvalue weighted by molar-refractivity contribution is 6.06. The number of aliphatic hydroxyl groups is 2. The molecule has 0 aromatic heterocycles. The van der Waals surface area contributed by atoms with Gasteiger partial charge in [0, 0.05) is 24.6 Å². The Hall–Kier alpha value is -3.81. The Kier molecular flexibility index (Phi) is 6.56. The van der Waals surface area contributed by atoms with Gasteiger partial charge >= 0.3 is 0 Å². The third-order valence-corrected chi connectivity index (χ3v) is 7.32. The summed E-state index contributed by atoms with van der Waals surface area (Å²) in [6, 6.07) is 0. The van der Waals surface area contributed by atoms with Crippen molar-refractivity contribution in [3.8, 4) is 51.7 Å². The van der Waals surface area contributed by atoms with Crippen molar-refractivity contribution in [3.05, 3.63) is 16.7 Å². The van der Waals surface area contributed by atoms with E-state index >= 15 is 0 Å². The second kappa shape index (κ2) is 9.25. The average molecular weight is 523 g/mol. The molecule has 0 bridgehead atoms. The number of carbonyl (C=O) groups excluding carboxylic acids is 1. The van der Waals surface area contributed by atoms with Crippen molar-refractivity contribution in [1.29, 1.82) is 0 Å². The van der Waals surface area contributed by atoms with Gasteiger partial charge in [0.05, 0.1) is 19.8 Å². The average Bonchev–Trinajstić information content (AvgIpc) is 3.20. The molecule has 1 heterocycles. The molecule has 4 rings (SSSR count). The molecule has 13 nitrogen and oxygen atoms in total. The molecule has 13 heteroatoms. The van der Waals surface area contributed by atoms with Gasteiger partial charge in [0.25, 0.3) is 5.91 Å². The number of ether oxygens (including phenoxy) is 2. The molecule has 202 valence electrons. The molecule has 1 atom stereocenters. The Morgan fingerprint density at radius 3 is 1.78 bits per heavy atom. The largest absolute Gasteiger partial charge is 0.504 e. The Balaban J connectivity index is 1.49. The van der Waals surface area contributed by atoms with Gasteiger partial charge in [-0.25, -0.2) is 4.90 Å². The smallest absolute Gasteiger partial charge is 0.261 e. The van der Waals surface area contributed by atoms with Crippen molar-refractivity contribution in [2.75, 3.05) is 27.3 Å². The van der Waals surface area contributed by atoms with E-state index in [0.29, 0.717) is 19.3 Å². The van der Waals surface area contributed by atoms with Crippen LogP contribution in [0.3, 0.4) is 0 Å². The van der Waals surface area contributed by atoms with E-state index in [0.717, 1.165) is 4.90 Å². The third kappa shape index (κ3) is 3.95. The lowest BCUT2D eigenvalue weighted by Crippen LogP contribution is -2.50. The van der Waals surface area contributed by atoms with Crippen molar-refractivity contribution in [1.82, 2.24) is 4.90 Å². The molecular formula is C24H29NO12. The Morgan fingerprint density at radius 2 is 1.27 bits per heavy atom. The first kappa shape index (κ1) is 26.3. The lowest BCUT2D eigenvalue weighted by atomic mass is 9.85. The van der Waals surface area contributed by atoms with Crippen LogP contribution in [0.2, 0.25) is 0 Å². The number of Topliss-reactive ketones (excluding diaryl/α,β-unsaturated/α-hetero) is 1. The highest BCUT2D eigenvalue weighted by Gasteiger charge is 2.45. The van der Waals surface area contributed by atoms with E-state index in [2.05, 4.69) is 0 Å². The van der Waals surface area contributed by atoms with Gasteiger partial charge in [0.1, 0.15) is 5.56 Å². The van der Waals surface area contributed by atoms with Crippen LogP contribution in [0, 0.1) is 11.8 Å². The number of phenolic OH excluding ortho intramolecular Hbond substituents is 7. The van der Waals surface area contributed by atoms with Crippen LogP contribution in [0.25, 0.3) is 0 Å². The van der Waals surface area contributed by atoms with Crippen LogP contribution in [-0.2, 0) is 12.3 Å². The maximum atomic E-state index is 13.1. The first-order valence-electron chi connectivity index (χ1n) is 11.5. The molecule has 1 saturated heterocycles. The van der Waals surface area contributed by atoms with Gasteiger partial charge in [-0.1, -0.05) is 0 Å². The summed E-state index contributed by atoms with van der Waals surface area (Å²) in [6.07, 6.45) is 1.29. The van der Waals surface area contributed by atoms with E-state index < -0.39 is 51.9 Å². The molecule has 0 radical (unpaired) electrons. The molecule has 0 saturated carbocycles. The standard InChI is InChI=1S/C24H29NO12/c1-36-22-15(27)11-8-10(14(26)12(11)16(28)23(22)37-2)7-9-3-5-25(6-4-9)24(34,35)13-17(29)19(31)21(33)20(32)18(13)30/h9-10,27-35H,3-8H2,1-2H3. The zero-order valence-corrected chi connectivity index (χ0v) is 20.1. The van der Waals surface area contributed by atoms with Crippen molar-refractivity contribution < 1.29 is 60.2 Å². The van der Waals surface area contributed by atoms with Gasteiger partial charge in [-0.05, 0) is 31.6 Å². The third-order valence-electron chi connectivity index (χ3n) is 7.32. The maximum absolute atomic E-state index is 13.1. The van der Waals surface area contributed by atoms with Crippen molar-refractivity contribution >= 4 is 5.78 Å². The quantitative estimate of drug-likeness (QED) is 0.146. The van der Waals surface area contributed by atoms with Crippen LogP contribution in [0.4, 0.5) is 0 Å². The molecule has 9 N–H and O–H groups in total. The lowest BCUT2D eigenvalue weighted by Gasteiger charge is -2.40. The summed E-state index contributed by atoms with van der Waals surface area (Å²) < 4.78 is 10.2. The summed E-state index contributed by atoms with van der Waals surface area (Å²) in [7, 11) is 2.57. The second-order valence-corrected chi connectivity index (χ2v) is 9.30. The predicted molar refractivity (Wildman–Crippen MR) is 124 cm³/mol. The SMILES string of the molecule is COc1c(O)c2c(c(O)c1OC)C(=O)C(CC1CCN(C(O)(O)c3c(O)c(O)c(O)c(O)c3O)CC1)C2. The van der Waals surface area contributed by atoms with Crippen molar-refractivity contribution in [2.45, 2.75) is 31.6 Å². The van der Waals surface area contributed by atoms with Gasteiger partial charge < -0.3 is 55.4 Å². The van der Waals surface area contributed by atoms with E-state index in [4.69, 9.17) is 9.47 Å². The summed E-state index contributed by atoms with van der Waals surface area (Å²) in [5.74, 6) is -11.0. The summed E-state index contributed by atoms with van der Waals surface area (Å²) in [6.45, 7) is 0.0654. The fourth-order valence-electron chi connectivity index (χ4n) is 5.35. The van der Waals surface area contributed by atoms with E-state index in [9.17, 15) is 50.8 Å². The number of aromatic hydroxyl groups is 7. The van der Waals surface area contributed by atoms with Crippen molar-refractivity contribution in [3.63, 3.8) is 0 Å². The first-order chi connectivity index (χ1) is 17.4. The Labute approximate surface area is 210 Å². The number of likely N-dealkylation sites (tertiary alicyclic amines) is 1. The van der Waals surface area contributed by atoms with Crippen LogP contribution in [-0.4, -0.2) is 84.0 Å². The highest BCUT2D eigenvalue weighted by Crippen LogP contribution is 2.55. The monoisotopic (exact) mass is 523 g/mol. The van der Waals surface area contributed by atoms with E-state index in [1.807, 2.05) is 0 Å². The van der Waals surface area contributed by atoms with E-state index in [1.54, 1.807) is 0 Å². The van der Waals surface area contributed by atoms with Gasteiger partial charge in [-0.15, -0.1) is 0 Å². The predicted octanol–water partition coefficient (Wildman–Crippen LogP) is 0.895. The molecule has 2 aliphatic rings. The van der Waals surface area contributed by atoms with Crippen LogP contribution in [0.1, 0.15) is 40.7 Å². The number of hydrogen-bond donors (Lipinski definition) is 9. The zero-order valence-electron chi connectivity index (χ0n) is 20.1. The minimum absolute atomic E-state index is 0.0137. The minimum Gasteiger partial charge on any atom is -0.504 e. The van der Waals surface area contributed by atoms with Gasteiger partial charge in [-0.3, -0.25) is 4.79 Å². The van der Waals surface area contributed by atoms with E-state index in [-0.39, 0.29) is 59.6 Å². The first-order valence-corrected chi connectivity index (χ1v) is 11.5. The minimum atomic E-state index is -3.01. The molecule has 1 fully saturated rings. The number of rotatable bonds is 6. The van der Waals surface area contributed by atoms with Gasteiger partial charge in [0.15, 0.2) is 28.8 Å². The number of phenols is 7. The van der Waals surface area contributed by atoms with Gasteiger partial charge in [-0.2, -0.15) is 0 Å². The molecule has 1 unspecified atom stereocenters. The summed E-state index contributed by atoms with van der Waals surface area (Å²) in [4.78, 5) is 14.2. The highest BCUT2D eigenvalue weighted by atomic mass is 16.5. The van der Waals surface area contributed by atoms with Crippen LogP contribution < -0.4 is 9.47 Å². The summed E-state index contributed by atoms with van der Waals surface area (Å²) >= 11 is 0. The molecule has 2 aromatic carbocycles. The summed E-state index contributed by atoms with van der Waals surface area (Å²) in [5.41, 5.74) is -0.737. The van der Waals surface area contributed by atoms with Gasteiger partial charge in [0.2, 0.25) is 28.7 Å². The molecule has 0 amide bonds. The fourth-order valence-corrected chi connectivity index (χ4v) is 5.35.